The monoisotopic (exact) mass is 508 g/mol. The molecule has 5 nitrogen and oxygen atoms in total. The van der Waals surface area contributed by atoms with Gasteiger partial charge in [0.2, 0.25) is 0 Å². The van der Waals surface area contributed by atoms with Crippen LogP contribution in [0.15, 0.2) is 48.5 Å². The molecule has 0 bridgehead atoms. The molecule has 2 fully saturated rings. The van der Waals surface area contributed by atoms with Gasteiger partial charge in [-0.1, -0.05) is 12.8 Å². The molecule has 186 valence electrons. The summed E-state index contributed by atoms with van der Waals surface area (Å²) in [5.74, 6) is 1.79. The first kappa shape index (κ1) is 26.5. The van der Waals surface area contributed by atoms with E-state index >= 15 is 0 Å². The second-order valence-corrected chi connectivity index (χ2v) is 9.16. The van der Waals surface area contributed by atoms with Crippen molar-refractivity contribution in [3.05, 3.63) is 54.3 Å². The van der Waals surface area contributed by atoms with Crippen molar-refractivity contribution >= 4 is 35.5 Å². The van der Waals surface area contributed by atoms with E-state index in [9.17, 15) is 4.39 Å². The van der Waals surface area contributed by atoms with E-state index < -0.39 is 0 Å². The topological polar surface area (TPSA) is 43.0 Å². The molecule has 1 saturated heterocycles. The Bertz CT molecular complexity index is 900. The highest BCUT2D eigenvalue weighted by molar-refractivity contribution is 7.80. The zero-order valence-electron chi connectivity index (χ0n) is 19.6. The molecule has 2 aromatic rings. The van der Waals surface area contributed by atoms with Gasteiger partial charge in [-0.2, -0.15) is 0 Å². The molecule has 3 atom stereocenters. The number of anilines is 1. The van der Waals surface area contributed by atoms with Crippen LogP contribution in [0, 0.1) is 11.7 Å². The number of hydrogen-bond acceptors (Lipinski definition) is 5. The summed E-state index contributed by atoms with van der Waals surface area (Å²) in [6, 6.07) is 14.4. The normalized spacial score (nSPS) is 22.1. The standard InChI is InChI=1S/C26H33FN2O3S.ClH/c1-30-21-13-9-20(10-14-21)28-26(33)32-25-15-17-29(24-6-3-2-5-23(24)25)16-4-18-31-22-11-7-19(27)8-12-22;/h7-14,23-25H,2-6,15-18H2,1H3,(H,28,33);1H/t23-,24?,25+;/m1./s1. The quantitative estimate of drug-likeness (QED) is 0.345. The van der Waals surface area contributed by atoms with E-state index in [4.69, 9.17) is 26.4 Å². The highest BCUT2D eigenvalue weighted by Gasteiger charge is 2.40. The number of halogens is 2. The SMILES string of the molecule is COc1ccc(NC(=S)O[C@H]2CCN(CCCOc3ccc(F)cc3)C3CCCC[C@H]32)cc1.Cl. The van der Waals surface area contributed by atoms with E-state index in [0.717, 1.165) is 43.1 Å². The summed E-state index contributed by atoms with van der Waals surface area (Å²) in [6.07, 6.45) is 6.99. The molecule has 1 unspecified atom stereocenters. The van der Waals surface area contributed by atoms with Crippen LogP contribution in [0.1, 0.15) is 38.5 Å². The van der Waals surface area contributed by atoms with Crippen LogP contribution in [0.25, 0.3) is 0 Å². The van der Waals surface area contributed by atoms with Crippen molar-refractivity contribution in [1.29, 1.82) is 0 Å². The smallest absolute Gasteiger partial charge is 0.261 e. The van der Waals surface area contributed by atoms with Gasteiger partial charge in [0.05, 0.1) is 13.7 Å². The first-order valence-electron chi connectivity index (χ1n) is 11.9. The minimum absolute atomic E-state index is 0. The van der Waals surface area contributed by atoms with E-state index in [1.54, 1.807) is 19.2 Å². The van der Waals surface area contributed by atoms with Gasteiger partial charge < -0.3 is 19.5 Å². The molecule has 0 spiro atoms. The predicted octanol–water partition coefficient (Wildman–Crippen LogP) is 6.07. The van der Waals surface area contributed by atoms with Gasteiger partial charge >= 0.3 is 0 Å². The summed E-state index contributed by atoms with van der Waals surface area (Å²) in [7, 11) is 1.65. The van der Waals surface area contributed by atoms with Gasteiger partial charge in [0, 0.05) is 30.7 Å². The third-order valence-corrected chi connectivity index (χ3v) is 6.89. The predicted molar refractivity (Wildman–Crippen MR) is 140 cm³/mol. The van der Waals surface area contributed by atoms with E-state index in [-0.39, 0.29) is 24.3 Å². The molecule has 0 radical (unpaired) electrons. The molecule has 4 rings (SSSR count). The van der Waals surface area contributed by atoms with Gasteiger partial charge in [-0.3, -0.25) is 4.90 Å². The Balaban J connectivity index is 0.00000324. The Labute approximate surface area is 213 Å². The maximum atomic E-state index is 13.0. The summed E-state index contributed by atoms with van der Waals surface area (Å²) in [6.45, 7) is 2.65. The van der Waals surface area contributed by atoms with Gasteiger partial charge in [-0.15, -0.1) is 12.4 Å². The highest BCUT2D eigenvalue weighted by atomic mass is 35.5. The number of nitrogens with one attached hydrogen (secondary N) is 1. The average Bonchev–Trinajstić information content (AvgIpc) is 2.84. The minimum Gasteiger partial charge on any atom is -0.497 e. The first-order chi connectivity index (χ1) is 16.1. The Kier molecular flexibility index (Phi) is 10.2. The molecule has 1 N–H and O–H groups in total. The molecule has 0 amide bonds. The number of methoxy groups -OCH3 is 1. The number of likely N-dealkylation sites (tertiary alicyclic amines) is 1. The van der Waals surface area contributed by atoms with Gasteiger partial charge in [-0.05, 0) is 86.4 Å². The van der Waals surface area contributed by atoms with E-state index in [1.807, 2.05) is 24.3 Å². The lowest BCUT2D eigenvalue weighted by atomic mass is 9.76. The van der Waals surface area contributed by atoms with Crippen LogP contribution in [-0.2, 0) is 4.74 Å². The van der Waals surface area contributed by atoms with Crippen molar-refractivity contribution in [3.63, 3.8) is 0 Å². The van der Waals surface area contributed by atoms with Crippen molar-refractivity contribution in [2.24, 2.45) is 5.92 Å². The van der Waals surface area contributed by atoms with E-state index in [0.29, 0.717) is 23.7 Å². The van der Waals surface area contributed by atoms with Gasteiger partial charge in [0.25, 0.3) is 5.17 Å². The third-order valence-electron chi connectivity index (χ3n) is 6.70. The van der Waals surface area contributed by atoms with Crippen LogP contribution in [0.5, 0.6) is 11.5 Å². The fraction of sp³-hybridized carbons (Fsp3) is 0.500. The molecule has 1 heterocycles. The number of benzene rings is 2. The first-order valence-corrected chi connectivity index (χ1v) is 12.3. The number of hydrogen-bond donors (Lipinski definition) is 1. The van der Waals surface area contributed by atoms with Gasteiger partial charge in [-0.25, -0.2) is 4.39 Å². The Morgan fingerprint density at radius 3 is 2.47 bits per heavy atom. The summed E-state index contributed by atoms with van der Waals surface area (Å²) in [5, 5.41) is 3.65. The van der Waals surface area contributed by atoms with Gasteiger partial charge in [0.1, 0.15) is 23.4 Å². The fourth-order valence-corrected chi connectivity index (χ4v) is 5.31. The van der Waals surface area contributed by atoms with Crippen molar-refractivity contribution < 1.29 is 18.6 Å². The fourth-order valence-electron chi connectivity index (χ4n) is 5.07. The Morgan fingerprint density at radius 2 is 1.74 bits per heavy atom. The zero-order valence-corrected chi connectivity index (χ0v) is 21.2. The largest absolute Gasteiger partial charge is 0.497 e. The molecule has 1 aliphatic carbocycles. The lowest BCUT2D eigenvalue weighted by molar-refractivity contribution is -0.0288. The van der Waals surface area contributed by atoms with Crippen LogP contribution >= 0.6 is 24.6 Å². The number of thiocarbonyl (C=S) groups is 1. The number of fused-ring (bicyclic) bond motifs is 1. The molecule has 2 aliphatic rings. The van der Waals surface area contributed by atoms with Crippen LogP contribution in [0.3, 0.4) is 0 Å². The zero-order chi connectivity index (χ0) is 23.0. The van der Waals surface area contributed by atoms with Crippen molar-refractivity contribution in [2.75, 3.05) is 32.1 Å². The Hall–Kier alpha value is -2.09. The Morgan fingerprint density at radius 1 is 1.03 bits per heavy atom. The van der Waals surface area contributed by atoms with Crippen LogP contribution in [-0.4, -0.2) is 49.0 Å². The lowest BCUT2D eigenvalue weighted by Crippen LogP contribution is -2.54. The summed E-state index contributed by atoms with van der Waals surface area (Å²) in [4.78, 5) is 2.61. The second-order valence-electron chi connectivity index (χ2n) is 8.79. The molecule has 1 saturated carbocycles. The van der Waals surface area contributed by atoms with Crippen molar-refractivity contribution in [1.82, 2.24) is 4.90 Å². The molecule has 2 aromatic carbocycles. The molecule has 34 heavy (non-hydrogen) atoms. The molecular formula is C26H34ClFN2O3S. The number of ether oxygens (including phenoxy) is 3. The van der Waals surface area contributed by atoms with E-state index in [2.05, 4.69) is 10.2 Å². The van der Waals surface area contributed by atoms with Crippen LogP contribution < -0.4 is 14.8 Å². The summed E-state index contributed by atoms with van der Waals surface area (Å²) < 4.78 is 30.3. The molecular weight excluding hydrogens is 475 g/mol. The lowest BCUT2D eigenvalue weighted by Gasteiger charge is -2.47. The van der Waals surface area contributed by atoms with Crippen LogP contribution in [0.2, 0.25) is 0 Å². The maximum Gasteiger partial charge on any atom is 0.261 e. The second kappa shape index (κ2) is 13.1. The van der Waals surface area contributed by atoms with Gasteiger partial charge in [0.15, 0.2) is 0 Å². The summed E-state index contributed by atoms with van der Waals surface area (Å²) >= 11 is 5.52. The third kappa shape index (κ3) is 7.20. The minimum atomic E-state index is -0.241. The number of nitrogens with zero attached hydrogens (tertiary/aromatic N) is 1. The van der Waals surface area contributed by atoms with E-state index in [1.165, 1.54) is 37.8 Å². The van der Waals surface area contributed by atoms with Crippen LogP contribution in [0.4, 0.5) is 10.1 Å². The number of piperidine rings is 1. The molecule has 1 aliphatic heterocycles. The highest BCUT2D eigenvalue weighted by Crippen LogP contribution is 2.37. The average molecular weight is 509 g/mol. The van der Waals surface area contributed by atoms with Crippen molar-refractivity contribution in [2.45, 2.75) is 50.7 Å². The molecule has 0 aromatic heterocycles. The molecule has 8 heteroatoms. The van der Waals surface area contributed by atoms with Crippen molar-refractivity contribution in [3.8, 4) is 11.5 Å². The number of rotatable bonds is 8. The maximum absolute atomic E-state index is 13.0. The summed E-state index contributed by atoms with van der Waals surface area (Å²) in [5.41, 5.74) is 0.902.